The Hall–Kier alpha value is -3.04. The highest BCUT2D eigenvalue weighted by Gasteiger charge is 2.14. The molecule has 9 heteroatoms. The predicted octanol–water partition coefficient (Wildman–Crippen LogP) is 4.57. The van der Waals surface area contributed by atoms with E-state index in [1.807, 2.05) is 0 Å². The highest BCUT2D eigenvalue weighted by Crippen LogP contribution is 2.19. The second-order valence-corrected chi connectivity index (χ2v) is 7.81. The first-order chi connectivity index (χ1) is 13.3. The molecule has 0 unspecified atom stereocenters. The second-order valence-electron chi connectivity index (χ2n) is 5.72. The summed E-state index contributed by atoms with van der Waals surface area (Å²) in [6.07, 6.45) is 0. The molecule has 3 rings (SSSR count). The second kappa shape index (κ2) is 8.32. The molecule has 0 amide bonds. The van der Waals surface area contributed by atoms with Crippen molar-refractivity contribution < 1.29 is 17.2 Å². The summed E-state index contributed by atoms with van der Waals surface area (Å²) in [5, 5.41) is 6.07. The van der Waals surface area contributed by atoms with Gasteiger partial charge in [-0.25, -0.2) is 17.2 Å². The predicted molar refractivity (Wildman–Crippen MR) is 110 cm³/mol. The van der Waals surface area contributed by atoms with Crippen molar-refractivity contribution in [2.24, 2.45) is 0 Å². The van der Waals surface area contributed by atoms with Crippen LogP contribution in [0.1, 0.15) is 0 Å². The van der Waals surface area contributed by atoms with Gasteiger partial charge in [0.25, 0.3) is 10.0 Å². The number of hydrogen-bond acceptors (Lipinski definition) is 3. The lowest BCUT2D eigenvalue weighted by Gasteiger charge is -2.12. The fourth-order valence-corrected chi connectivity index (χ4v) is 3.57. The van der Waals surface area contributed by atoms with Crippen molar-refractivity contribution in [1.29, 1.82) is 0 Å². The zero-order chi connectivity index (χ0) is 20.1. The normalized spacial score (nSPS) is 10.9. The van der Waals surface area contributed by atoms with Crippen LogP contribution in [0, 0.1) is 11.6 Å². The molecule has 0 heterocycles. The van der Waals surface area contributed by atoms with Gasteiger partial charge in [-0.15, -0.1) is 0 Å². The molecule has 0 atom stereocenters. The number of thiocarbonyl (C=S) groups is 1. The summed E-state index contributed by atoms with van der Waals surface area (Å²) in [6.45, 7) is 0. The van der Waals surface area contributed by atoms with Crippen LogP contribution in [0.4, 0.5) is 25.8 Å². The topological polar surface area (TPSA) is 70.2 Å². The minimum absolute atomic E-state index is 0.0415. The maximum absolute atomic E-state index is 12.9. The minimum atomic E-state index is -3.81. The van der Waals surface area contributed by atoms with Crippen LogP contribution < -0.4 is 15.4 Å². The molecule has 0 aliphatic heterocycles. The van der Waals surface area contributed by atoms with Crippen molar-refractivity contribution in [2.75, 3.05) is 15.4 Å². The van der Waals surface area contributed by atoms with Gasteiger partial charge in [0.15, 0.2) is 5.11 Å². The fraction of sp³-hybridized carbons (Fsp3) is 0. The highest BCUT2D eigenvalue weighted by atomic mass is 32.2. The molecule has 3 aromatic carbocycles. The molecule has 0 fully saturated rings. The van der Waals surface area contributed by atoms with Crippen LogP contribution in [0.25, 0.3) is 0 Å². The molecule has 144 valence electrons. The average Bonchev–Trinajstić information content (AvgIpc) is 2.66. The van der Waals surface area contributed by atoms with E-state index < -0.39 is 15.8 Å². The molecule has 0 aromatic heterocycles. The van der Waals surface area contributed by atoms with Crippen LogP contribution in [0.15, 0.2) is 77.7 Å². The molecular formula is C19H15F2N3O2S2. The lowest BCUT2D eigenvalue weighted by Crippen LogP contribution is -2.19. The van der Waals surface area contributed by atoms with E-state index in [4.69, 9.17) is 12.2 Å². The Morgan fingerprint density at radius 3 is 1.54 bits per heavy atom. The molecule has 0 aliphatic carbocycles. The third-order valence-corrected chi connectivity index (χ3v) is 5.22. The third-order valence-electron chi connectivity index (χ3n) is 3.62. The van der Waals surface area contributed by atoms with Gasteiger partial charge in [-0.3, -0.25) is 4.72 Å². The fourth-order valence-electron chi connectivity index (χ4n) is 2.28. The molecule has 0 saturated heterocycles. The Morgan fingerprint density at radius 1 is 0.679 bits per heavy atom. The zero-order valence-electron chi connectivity index (χ0n) is 14.3. The van der Waals surface area contributed by atoms with Crippen molar-refractivity contribution in [2.45, 2.75) is 4.90 Å². The van der Waals surface area contributed by atoms with Crippen molar-refractivity contribution >= 4 is 44.4 Å². The van der Waals surface area contributed by atoms with Crippen molar-refractivity contribution in [3.05, 3.63) is 84.4 Å². The average molecular weight is 419 g/mol. The van der Waals surface area contributed by atoms with E-state index in [9.17, 15) is 17.2 Å². The van der Waals surface area contributed by atoms with Crippen LogP contribution in [0.3, 0.4) is 0 Å². The van der Waals surface area contributed by atoms with Gasteiger partial charge in [-0.05, 0) is 85.0 Å². The Bertz CT molecular complexity index is 1070. The van der Waals surface area contributed by atoms with Gasteiger partial charge in [0, 0.05) is 17.1 Å². The van der Waals surface area contributed by atoms with E-state index in [0.29, 0.717) is 11.4 Å². The van der Waals surface area contributed by atoms with Crippen LogP contribution in [0.2, 0.25) is 0 Å². The summed E-state index contributed by atoms with van der Waals surface area (Å²) in [4.78, 5) is 0.0415. The monoisotopic (exact) mass is 419 g/mol. The Balaban J connectivity index is 1.64. The summed E-state index contributed by atoms with van der Waals surface area (Å²) in [7, 11) is -3.81. The van der Waals surface area contributed by atoms with Gasteiger partial charge in [0.1, 0.15) is 11.6 Å². The van der Waals surface area contributed by atoms with Gasteiger partial charge in [-0.1, -0.05) is 0 Å². The molecule has 0 saturated carbocycles. The molecule has 0 bridgehead atoms. The maximum atomic E-state index is 12.9. The van der Waals surface area contributed by atoms with Crippen LogP contribution in [0.5, 0.6) is 0 Å². The molecule has 0 radical (unpaired) electrons. The standard InChI is InChI=1S/C19H15F2N3O2S2/c20-13-1-5-15(6-2-13)22-19(27)23-16-9-11-18(12-10-16)28(25,26)24-17-7-3-14(21)4-8-17/h1-12,24H,(H2,22,23,27). The van der Waals surface area contributed by atoms with E-state index >= 15 is 0 Å². The maximum Gasteiger partial charge on any atom is 0.261 e. The molecule has 3 N–H and O–H groups in total. The van der Waals surface area contributed by atoms with Crippen molar-refractivity contribution in [1.82, 2.24) is 0 Å². The van der Waals surface area contributed by atoms with E-state index in [1.165, 1.54) is 48.5 Å². The van der Waals surface area contributed by atoms with Crippen LogP contribution in [-0.2, 0) is 10.0 Å². The van der Waals surface area contributed by atoms with Crippen molar-refractivity contribution in [3.63, 3.8) is 0 Å². The van der Waals surface area contributed by atoms with Crippen LogP contribution >= 0.6 is 12.2 Å². The number of halogens is 2. The van der Waals surface area contributed by atoms with E-state index in [1.54, 1.807) is 24.3 Å². The van der Waals surface area contributed by atoms with Crippen molar-refractivity contribution in [3.8, 4) is 0 Å². The zero-order valence-corrected chi connectivity index (χ0v) is 16.0. The SMILES string of the molecule is O=S(=O)(Nc1ccc(F)cc1)c1ccc(NC(=S)Nc2ccc(F)cc2)cc1. The summed E-state index contributed by atoms with van der Waals surface area (Å²) in [5.41, 5.74) is 1.44. The molecule has 3 aromatic rings. The minimum Gasteiger partial charge on any atom is -0.332 e. The van der Waals surface area contributed by atoms with Gasteiger partial charge in [0.2, 0.25) is 0 Å². The third kappa shape index (κ3) is 5.24. The number of rotatable bonds is 5. The molecule has 0 spiro atoms. The molecule has 28 heavy (non-hydrogen) atoms. The van der Waals surface area contributed by atoms with Gasteiger partial charge in [-0.2, -0.15) is 0 Å². The molecule has 5 nitrogen and oxygen atoms in total. The first-order valence-corrected chi connectivity index (χ1v) is 9.93. The first kappa shape index (κ1) is 19.7. The smallest absolute Gasteiger partial charge is 0.261 e. The first-order valence-electron chi connectivity index (χ1n) is 8.04. The Labute approximate surface area is 166 Å². The molecule has 0 aliphatic rings. The van der Waals surface area contributed by atoms with Crippen LogP contribution in [-0.4, -0.2) is 13.5 Å². The summed E-state index contributed by atoms with van der Waals surface area (Å²) in [5.74, 6) is -0.806. The number of nitrogens with one attached hydrogen (secondary N) is 3. The highest BCUT2D eigenvalue weighted by molar-refractivity contribution is 7.92. The number of hydrogen-bond donors (Lipinski definition) is 3. The van der Waals surface area contributed by atoms with E-state index in [-0.39, 0.29) is 21.5 Å². The Kier molecular flexibility index (Phi) is 5.86. The van der Waals surface area contributed by atoms with Gasteiger partial charge in [0.05, 0.1) is 4.90 Å². The lowest BCUT2D eigenvalue weighted by molar-refractivity contribution is 0.601. The van der Waals surface area contributed by atoms with E-state index in [0.717, 1.165) is 0 Å². The Morgan fingerprint density at radius 2 is 1.07 bits per heavy atom. The lowest BCUT2D eigenvalue weighted by atomic mass is 10.3. The quantitative estimate of drug-likeness (QED) is 0.529. The number of benzene rings is 3. The summed E-state index contributed by atoms with van der Waals surface area (Å²) in [6, 6.07) is 16.6. The van der Waals surface area contributed by atoms with Gasteiger partial charge >= 0.3 is 0 Å². The summed E-state index contributed by atoms with van der Waals surface area (Å²) >= 11 is 5.18. The molecular weight excluding hydrogens is 404 g/mol. The number of sulfonamides is 1. The van der Waals surface area contributed by atoms with Gasteiger partial charge < -0.3 is 10.6 Å². The number of anilines is 3. The van der Waals surface area contributed by atoms with E-state index in [2.05, 4.69) is 15.4 Å². The largest absolute Gasteiger partial charge is 0.332 e. The summed E-state index contributed by atoms with van der Waals surface area (Å²) < 4.78 is 53.0.